The van der Waals surface area contributed by atoms with E-state index >= 15 is 0 Å². The smallest absolute Gasteiger partial charge is 0.266 e. The molecule has 3 aromatic rings. The average Bonchev–Trinajstić information content (AvgIpc) is 3.30. The summed E-state index contributed by atoms with van der Waals surface area (Å²) >= 11 is 0. The molecule has 2 heterocycles. The first kappa shape index (κ1) is 22.2. The topological polar surface area (TPSA) is 101 Å². The fourth-order valence-electron chi connectivity index (χ4n) is 3.41. The molecular formula is C24H25N3O6. The van der Waals surface area contributed by atoms with E-state index in [1.54, 1.807) is 25.3 Å². The molecule has 0 saturated heterocycles. The van der Waals surface area contributed by atoms with Gasteiger partial charge in [-0.1, -0.05) is 6.07 Å². The molecule has 0 radical (unpaired) electrons. The highest BCUT2D eigenvalue weighted by Crippen LogP contribution is 2.35. The molecule has 33 heavy (non-hydrogen) atoms. The summed E-state index contributed by atoms with van der Waals surface area (Å²) in [6.45, 7) is 3.09. The number of nitrogens with zero attached hydrogens (tertiary/aromatic N) is 2. The van der Waals surface area contributed by atoms with E-state index in [2.05, 4.69) is 10.4 Å². The Morgan fingerprint density at radius 2 is 1.94 bits per heavy atom. The van der Waals surface area contributed by atoms with Crippen molar-refractivity contribution in [2.24, 2.45) is 0 Å². The molecule has 1 aliphatic rings. The van der Waals surface area contributed by atoms with E-state index < -0.39 is 0 Å². The highest BCUT2D eigenvalue weighted by atomic mass is 16.7. The van der Waals surface area contributed by atoms with Gasteiger partial charge in [-0.05, 0) is 48.9 Å². The lowest BCUT2D eigenvalue weighted by atomic mass is 10.1. The molecule has 1 N–H and O–H groups in total. The van der Waals surface area contributed by atoms with Gasteiger partial charge in [-0.25, -0.2) is 4.68 Å². The molecule has 9 heteroatoms. The van der Waals surface area contributed by atoms with Gasteiger partial charge in [0, 0.05) is 24.6 Å². The number of ether oxygens (including phenoxy) is 4. The lowest BCUT2D eigenvalue weighted by Crippen LogP contribution is -2.28. The molecule has 1 aliphatic heterocycles. The highest BCUT2D eigenvalue weighted by molar-refractivity contribution is 5.75. The largest absolute Gasteiger partial charge is 0.493 e. The highest BCUT2D eigenvalue weighted by Gasteiger charge is 2.15. The number of aryl methyl sites for hydroxylation is 1. The molecule has 2 aromatic carbocycles. The van der Waals surface area contributed by atoms with Crippen molar-refractivity contribution >= 4 is 5.91 Å². The maximum atomic E-state index is 12.4. The lowest BCUT2D eigenvalue weighted by molar-refractivity contribution is -0.121. The molecule has 1 aromatic heterocycles. The Hall–Kier alpha value is -4.01. The van der Waals surface area contributed by atoms with Crippen molar-refractivity contribution < 1.29 is 23.7 Å². The molecule has 0 spiro atoms. The summed E-state index contributed by atoms with van der Waals surface area (Å²) in [5.74, 6) is 2.39. The molecule has 4 rings (SSSR count). The zero-order chi connectivity index (χ0) is 23.2. The van der Waals surface area contributed by atoms with Gasteiger partial charge < -0.3 is 24.3 Å². The van der Waals surface area contributed by atoms with Crippen LogP contribution in [-0.4, -0.2) is 36.2 Å². The first-order valence-corrected chi connectivity index (χ1v) is 10.6. The SMILES string of the molecule is CCOc1cc(CNC(=O)CCn2nc(-c3ccc4c(c3)OCO4)ccc2=O)ccc1OC. The molecule has 0 fully saturated rings. The van der Waals surface area contributed by atoms with Crippen LogP contribution in [0.25, 0.3) is 11.3 Å². The fourth-order valence-corrected chi connectivity index (χ4v) is 3.41. The summed E-state index contributed by atoms with van der Waals surface area (Å²) in [7, 11) is 1.58. The number of benzene rings is 2. The number of amides is 1. The minimum absolute atomic E-state index is 0.117. The quantitative estimate of drug-likeness (QED) is 0.534. The van der Waals surface area contributed by atoms with Crippen LogP contribution in [0.15, 0.2) is 53.3 Å². The van der Waals surface area contributed by atoms with Crippen LogP contribution in [0.4, 0.5) is 0 Å². The van der Waals surface area contributed by atoms with Crippen molar-refractivity contribution in [3.8, 4) is 34.3 Å². The Labute approximate surface area is 190 Å². The van der Waals surface area contributed by atoms with Gasteiger partial charge in [-0.15, -0.1) is 0 Å². The van der Waals surface area contributed by atoms with E-state index in [1.165, 1.54) is 10.7 Å². The average molecular weight is 451 g/mol. The Morgan fingerprint density at radius 1 is 1.09 bits per heavy atom. The van der Waals surface area contributed by atoms with Crippen LogP contribution in [0.2, 0.25) is 0 Å². The van der Waals surface area contributed by atoms with Crippen molar-refractivity contribution in [3.05, 3.63) is 64.4 Å². The van der Waals surface area contributed by atoms with Crippen LogP contribution in [0.5, 0.6) is 23.0 Å². The maximum Gasteiger partial charge on any atom is 0.266 e. The molecule has 0 atom stereocenters. The Bertz CT molecular complexity index is 1210. The molecule has 0 aliphatic carbocycles. The first-order chi connectivity index (χ1) is 16.1. The van der Waals surface area contributed by atoms with Gasteiger partial charge >= 0.3 is 0 Å². The van der Waals surface area contributed by atoms with Crippen LogP contribution in [0.1, 0.15) is 18.9 Å². The predicted molar refractivity (Wildman–Crippen MR) is 121 cm³/mol. The normalized spacial score (nSPS) is 11.8. The Kier molecular flexibility index (Phi) is 6.77. The number of carbonyl (C=O) groups is 1. The summed E-state index contributed by atoms with van der Waals surface area (Å²) < 4.78 is 22.9. The summed E-state index contributed by atoms with van der Waals surface area (Å²) in [5.41, 5.74) is 2.01. The third kappa shape index (κ3) is 5.25. The van der Waals surface area contributed by atoms with Crippen molar-refractivity contribution in [1.82, 2.24) is 15.1 Å². The zero-order valence-electron chi connectivity index (χ0n) is 18.5. The number of aromatic nitrogens is 2. The molecule has 9 nitrogen and oxygen atoms in total. The number of carbonyl (C=O) groups excluding carboxylic acids is 1. The van der Waals surface area contributed by atoms with E-state index in [0.29, 0.717) is 41.8 Å². The summed E-state index contributed by atoms with van der Waals surface area (Å²) in [5, 5.41) is 7.27. The van der Waals surface area contributed by atoms with Crippen LogP contribution < -0.4 is 29.8 Å². The molecular weight excluding hydrogens is 426 g/mol. The van der Waals surface area contributed by atoms with Crippen LogP contribution >= 0.6 is 0 Å². The molecule has 0 unspecified atom stereocenters. The third-order valence-electron chi connectivity index (χ3n) is 5.10. The van der Waals surface area contributed by atoms with Gasteiger partial charge in [0.05, 0.1) is 26.0 Å². The predicted octanol–water partition coefficient (Wildman–Crippen LogP) is 2.75. The summed E-state index contributed by atoms with van der Waals surface area (Å²) in [6.07, 6.45) is 0.117. The van der Waals surface area contributed by atoms with Crippen molar-refractivity contribution in [2.75, 3.05) is 20.5 Å². The van der Waals surface area contributed by atoms with Gasteiger partial charge in [0.25, 0.3) is 5.56 Å². The summed E-state index contributed by atoms with van der Waals surface area (Å²) in [4.78, 5) is 24.6. The van der Waals surface area contributed by atoms with Crippen LogP contribution in [0.3, 0.4) is 0 Å². The van der Waals surface area contributed by atoms with Gasteiger partial charge in [0.15, 0.2) is 23.0 Å². The maximum absolute atomic E-state index is 12.4. The molecule has 0 bridgehead atoms. The zero-order valence-corrected chi connectivity index (χ0v) is 18.5. The van der Waals surface area contributed by atoms with Gasteiger partial charge in [-0.2, -0.15) is 5.10 Å². The van der Waals surface area contributed by atoms with Crippen molar-refractivity contribution in [3.63, 3.8) is 0 Å². The van der Waals surface area contributed by atoms with Crippen LogP contribution in [0, 0.1) is 0 Å². The van der Waals surface area contributed by atoms with Gasteiger partial charge in [0.1, 0.15) is 0 Å². The number of rotatable bonds is 9. The minimum atomic E-state index is -0.274. The standard InChI is InChI=1S/C24H25N3O6/c1-3-31-21-12-16(4-7-19(21)30-2)14-25-23(28)10-11-27-24(29)9-6-18(26-27)17-5-8-20-22(13-17)33-15-32-20/h4-9,12-13H,3,10-11,14-15H2,1-2H3,(H,25,28). The number of methoxy groups -OCH3 is 1. The van der Waals surface area contributed by atoms with E-state index in [1.807, 2.05) is 31.2 Å². The van der Waals surface area contributed by atoms with E-state index in [9.17, 15) is 9.59 Å². The fraction of sp³-hybridized carbons (Fsp3) is 0.292. The number of hydrogen-bond acceptors (Lipinski definition) is 7. The van der Waals surface area contributed by atoms with Gasteiger partial charge in [0.2, 0.25) is 12.7 Å². The Morgan fingerprint density at radius 3 is 2.76 bits per heavy atom. The number of fused-ring (bicyclic) bond motifs is 1. The molecule has 1 amide bonds. The molecule has 0 saturated carbocycles. The first-order valence-electron chi connectivity index (χ1n) is 10.6. The minimum Gasteiger partial charge on any atom is -0.493 e. The van der Waals surface area contributed by atoms with Crippen molar-refractivity contribution in [2.45, 2.75) is 26.4 Å². The second-order valence-electron chi connectivity index (χ2n) is 7.29. The number of nitrogens with one attached hydrogen (secondary N) is 1. The van der Waals surface area contributed by atoms with Crippen LogP contribution in [-0.2, 0) is 17.9 Å². The monoisotopic (exact) mass is 451 g/mol. The summed E-state index contributed by atoms with van der Waals surface area (Å²) in [6, 6.07) is 14.1. The second-order valence-corrected chi connectivity index (χ2v) is 7.29. The lowest BCUT2D eigenvalue weighted by Gasteiger charge is -2.12. The van der Waals surface area contributed by atoms with E-state index in [0.717, 1.165) is 11.1 Å². The van der Waals surface area contributed by atoms with Crippen molar-refractivity contribution in [1.29, 1.82) is 0 Å². The van der Waals surface area contributed by atoms with E-state index in [4.69, 9.17) is 18.9 Å². The molecule has 172 valence electrons. The second kappa shape index (κ2) is 10.1. The van der Waals surface area contributed by atoms with E-state index in [-0.39, 0.29) is 31.2 Å². The van der Waals surface area contributed by atoms with Gasteiger partial charge in [-0.3, -0.25) is 9.59 Å². The Balaban J connectivity index is 1.37. The third-order valence-corrected chi connectivity index (χ3v) is 5.10. The number of hydrogen-bond donors (Lipinski definition) is 1.